The second-order valence-corrected chi connectivity index (χ2v) is 3.73. The number of aromatic nitrogens is 3. The highest BCUT2D eigenvalue weighted by Crippen LogP contribution is 2.16. The van der Waals surface area contributed by atoms with Gasteiger partial charge in [-0.1, -0.05) is 18.2 Å². The summed E-state index contributed by atoms with van der Waals surface area (Å²) in [5, 5.41) is 0. The maximum Gasteiger partial charge on any atom is 0.138 e. The first-order valence-corrected chi connectivity index (χ1v) is 5.13. The third-order valence-electron chi connectivity index (χ3n) is 2.52. The van der Waals surface area contributed by atoms with Crippen LogP contribution in [0.15, 0.2) is 48.9 Å². The van der Waals surface area contributed by atoms with Crippen LogP contribution in [0.3, 0.4) is 0 Å². The smallest absolute Gasteiger partial charge is 0.138 e. The summed E-state index contributed by atoms with van der Waals surface area (Å²) in [6.45, 7) is 1.99. The van der Waals surface area contributed by atoms with Gasteiger partial charge < -0.3 is 0 Å². The van der Waals surface area contributed by atoms with Gasteiger partial charge >= 0.3 is 0 Å². The van der Waals surface area contributed by atoms with Gasteiger partial charge in [-0.2, -0.15) is 0 Å². The van der Waals surface area contributed by atoms with Crippen molar-refractivity contribution in [3.63, 3.8) is 0 Å². The van der Waals surface area contributed by atoms with Gasteiger partial charge in [-0.05, 0) is 30.7 Å². The van der Waals surface area contributed by atoms with Crippen molar-refractivity contribution >= 4 is 11.0 Å². The number of fused-ring (bicyclic) bond motifs is 1. The molecule has 0 aliphatic heterocycles. The standard InChI is InChI=1S/C13H11N3/c1-10-6-7-13(14-8-10)16-9-15-11-4-2-3-5-12(11)16/h2-9H,1H3/i9D. The molecule has 2 aromatic heterocycles. The first-order chi connectivity index (χ1) is 8.25. The molecule has 3 rings (SSSR count). The lowest BCUT2D eigenvalue weighted by atomic mass is 10.3. The van der Waals surface area contributed by atoms with E-state index in [9.17, 15) is 0 Å². The molecule has 0 amide bonds. The van der Waals surface area contributed by atoms with Crippen molar-refractivity contribution in [1.82, 2.24) is 14.5 Å². The van der Waals surface area contributed by atoms with Gasteiger partial charge in [-0.25, -0.2) is 9.97 Å². The van der Waals surface area contributed by atoms with Crippen molar-refractivity contribution in [3.8, 4) is 5.82 Å². The maximum atomic E-state index is 7.90. The van der Waals surface area contributed by atoms with Gasteiger partial charge in [0.25, 0.3) is 0 Å². The van der Waals surface area contributed by atoms with Gasteiger partial charge in [0, 0.05) is 6.20 Å². The molecule has 0 atom stereocenters. The minimum Gasteiger partial charge on any atom is -0.283 e. The molecule has 0 radical (unpaired) electrons. The number of pyridine rings is 1. The number of aryl methyl sites for hydroxylation is 1. The molecule has 0 aliphatic rings. The van der Waals surface area contributed by atoms with Gasteiger partial charge in [-0.15, -0.1) is 0 Å². The lowest BCUT2D eigenvalue weighted by molar-refractivity contribution is 1.02. The predicted octanol–water partition coefficient (Wildman–Crippen LogP) is 2.73. The Hall–Kier alpha value is -2.16. The molecule has 3 nitrogen and oxygen atoms in total. The van der Waals surface area contributed by atoms with Gasteiger partial charge in [-0.3, -0.25) is 4.57 Å². The van der Waals surface area contributed by atoms with Crippen molar-refractivity contribution in [2.24, 2.45) is 0 Å². The van der Waals surface area contributed by atoms with E-state index in [4.69, 9.17) is 1.37 Å². The van der Waals surface area contributed by atoms with E-state index in [1.54, 1.807) is 10.8 Å². The van der Waals surface area contributed by atoms with Crippen molar-refractivity contribution in [1.29, 1.82) is 0 Å². The van der Waals surface area contributed by atoms with E-state index in [-0.39, 0.29) is 6.30 Å². The molecule has 78 valence electrons. The van der Waals surface area contributed by atoms with Crippen LogP contribution in [-0.4, -0.2) is 14.5 Å². The highest BCUT2D eigenvalue weighted by atomic mass is 15.1. The first-order valence-electron chi connectivity index (χ1n) is 5.63. The van der Waals surface area contributed by atoms with E-state index in [0.29, 0.717) is 0 Å². The summed E-state index contributed by atoms with van der Waals surface area (Å²) >= 11 is 0. The van der Waals surface area contributed by atoms with E-state index < -0.39 is 0 Å². The summed E-state index contributed by atoms with van der Waals surface area (Å²) in [7, 11) is 0. The van der Waals surface area contributed by atoms with E-state index >= 15 is 0 Å². The van der Waals surface area contributed by atoms with Crippen LogP contribution in [-0.2, 0) is 0 Å². The van der Waals surface area contributed by atoms with Crippen LogP contribution in [0.1, 0.15) is 6.93 Å². The molecule has 0 N–H and O–H groups in total. The SMILES string of the molecule is [2H]c1nc2ccccc2n1-c1ccc(C)cn1. The Labute approximate surface area is 94.8 Å². The van der Waals surface area contributed by atoms with Gasteiger partial charge in [0.05, 0.1) is 11.0 Å². The topological polar surface area (TPSA) is 30.7 Å². The highest BCUT2D eigenvalue weighted by molar-refractivity contribution is 5.76. The Morgan fingerprint density at radius 3 is 2.81 bits per heavy atom. The molecule has 0 fully saturated rings. The maximum absolute atomic E-state index is 7.90. The van der Waals surface area contributed by atoms with E-state index in [0.717, 1.165) is 22.4 Å². The van der Waals surface area contributed by atoms with Crippen LogP contribution < -0.4 is 0 Å². The fourth-order valence-corrected chi connectivity index (χ4v) is 1.67. The van der Waals surface area contributed by atoms with Crippen LogP contribution in [0.4, 0.5) is 0 Å². The molecule has 16 heavy (non-hydrogen) atoms. The zero-order chi connectivity index (χ0) is 11.8. The van der Waals surface area contributed by atoms with Crippen molar-refractivity contribution in [3.05, 3.63) is 54.5 Å². The number of imidazole rings is 1. The fraction of sp³-hybridized carbons (Fsp3) is 0.0769. The normalized spacial score (nSPS) is 11.7. The second kappa shape index (κ2) is 3.45. The molecule has 1 aromatic carbocycles. The first kappa shape index (κ1) is 8.05. The summed E-state index contributed by atoms with van der Waals surface area (Å²) in [6, 6.07) is 11.6. The zero-order valence-electron chi connectivity index (χ0n) is 9.88. The Morgan fingerprint density at radius 1 is 1.12 bits per heavy atom. The zero-order valence-corrected chi connectivity index (χ0v) is 8.88. The van der Waals surface area contributed by atoms with Gasteiger partial charge in [0.15, 0.2) is 0 Å². The fourth-order valence-electron chi connectivity index (χ4n) is 1.67. The van der Waals surface area contributed by atoms with E-state index in [1.807, 2.05) is 43.3 Å². The highest BCUT2D eigenvalue weighted by Gasteiger charge is 2.03. The number of benzene rings is 1. The van der Waals surface area contributed by atoms with Crippen LogP contribution in [0.25, 0.3) is 16.9 Å². The second-order valence-electron chi connectivity index (χ2n) is 3.73. The third-order valence-corrected chi connectivity index (χ3v) is 2.52. The minimum absolute atomic E-state index is 0.211. The summed E-state index contributed by atoms with van der Waals surface area (Å²) in [5.41, 5.74) is 2.83. The van der Waals surface area contributed by atoms with Crippen LogP contribution >= 0.6 is 0 Å². The Morgan fingerprint density at radius 2 is 2.00 bits per heavy atom. The molecular weight excluding hydrogens is 198 g/mol. The number of hydrogen-bond acceptors (Lipinski definition) is 2. The molecule has 0 aliphatic carbocycles. The van der Waals surface area contributed by atoms with Crippen LogP contribution in [0, 0.1) is 6.92 Å². The van der Waals surface area contributed by atoms with Crippen molar-refractivity contribution in [2.45, 2.75) is 6.92 Å². The van der Waals surface area contributed by atoms with E-state index in [2.05, 4.69) is 9.97 Å². The lowest BCUT2D eigenvalue weighted by Crippen LogP contribution is -1.95. The number of para-hydroxylation sites is 2. The predicted molar refractivity (Wildman–Crippen MR) is 63.6 cm³/mol. The quantitative estimate of drug-likeness (QED) is 0.618. The summed E-state index contributed by atoms with van der Waals surface area (Å²) in [5.74, 6) is 0.731. The number of nitrogens with zero attached hydrogens (tertiary/aromatic N) is 3. The molecule has 2 heterocycles. The molecule has 3 aromatic rings. The Balaban J connectivity index is 2.29. The largest absolute Gasteiger partial charge is 0.283 e. The average molecular weight is 210 g/mol. The van der Waals surface area contributed by atoms with E-state index in [1.165, 1.54) is 0 Å². The summed E-state index contributed by atoms with van der Waals surface area (Å²) < 4.78 is 9.65. The molecular formula is C13H11N3. The molecule has 0 spiro atoms. The lowest BCUT2D eigenvalue weighted by Gasteiger charge is -2.02. The molecule has 0 saturated carbocycles. The molecule has 0 saturated heterocycles. The van der Waals surface area contributed by atoms with Gasteiger partial charge in [0.1, 0.15) is 13.5 Å². The van der Waals surface area contributed by atoms with Crippen LogP contribution in [0.2, 0.25) is 0 Å². The summed E-state index contributed by atoms with van der Waals surface area (Å²) in [6.07, 6.45) is 2.01. The summed E-state index contributed by atoms with van der Waals surface area (Å²) in [4.78, 5) is 8.54. The van der Waals surface area contributed by atoms with Crippen LogP contribution in [0.5, 0.6) is 0 Å². The van der Waals surface area contributed by atoms with Crippen molar-refractivity contribution < 1.29 is 1.37 Å². The monoisotopic (exact) mass is 210 g/mol. The molecule has 3 heteroatoms. The average Bonchev–Trinajstić information content (AvgIpc) is 2.66. The van der Waals surface area contributed by atoms with Crippen molar-refractivity contribution in [2.75, 3.05) is 0 Å². The number of rotatable bonds is 1. The minimum atomic E-state index is 0.211. The Kier molecular flexibility index (Phi) is 1.74. The molecule has 0 bridgehead atoms. The molecule has 0 unspecified atom stereocenters. The third kappa shape index (κ3) is 1.37. The Bertz CT molecular complexity index is 671. The number of hydrogen-bond donors (Lipinski definition) is 0. The van der Waals surface area contributed by atoms with Gasteiger partial charge in [0.2, 0.25) is 0 Å².